The average molecular weight is 430 g/mol. The van der Waals surface area contributed by atoms with Crippen molar-refractivity contribution in [3.05, 3.63) is 84.3 Å². The van der Waals surface area contributed by atoms with Crippen molar-refractivity contribution in [3.63, 3.8) is 0 Å². The summed E-state index contributed by atoms with van der Waals surface area (Å²) >= 11 is 0. The number of carbonyl (C=O) groups is 2. The van der Waals surface area contributed by atoms with Gasteiger partial charge >= 0.3 is 5.97 Å². The van der Waals surface area contributed by atoms with Gasteiger partial charge in [0.1, 0.15) is 29.9 Å². The summed E-state index contributed by atoms with van der Waals surface area (Å²) < 4.78 is 11.6. The Morgan fingerprint density at radius 1 is 1.03 bits per heavy atom. The summed E-state index contributed by atoms with van der Waals surface area (Å²) in [6.45, 7) is 2.93. The minimum atomic E-state index is -1.43. The van der Waals surface area contributed by atoms with E-state index in [1.54, 1.807) is 12.1 Å². The van der Waals surface area contributed by atoms with Crippen molar-refractivity contribution in [1.82, 2.24) is 10.3 Å². The normalized spacial score (nSPS) is 11.3. The van der Waals surface area contributed by atoms with Crippen LogP contribution in [-0.4, -0.2) is 27.5 Å². The van der Waals surface area contributed by atoms with Gasteiger partial charge in [-0.2, -0.15) is 0 Å². The number of amides is 1. The highest BCUT2D eigenvalue weighted by Gasteiger charge is 2.30. The SMILES string of the molecule is CC(C)(NC(=O)c1ccc2ccccc2c1OCc1coc(-c2ccccc2)n1)C(=O)O. The third kappa shape index (κ3) is 4.32. The summed E-state index contributed by atoms with van der Waals surface area (Å²) in [7, 11) is 0. The van der Waals surface area contributed by atoms with Gasteiger partial charge in [-0.25, -0.2) is 9.78 Å². The summed E-state index contributed by atoms with van der Waals surface area (Å²) in [5, 5.41) is 13.5. The first-order valence-electron chi connectivity index (χ1n) is 10.1. The first kappa shape index (κ1) is 21.1. The number of aliphatic carboxylic acids is 1. The predicted octanol–water partition coefficient (Wildman–Crippen LogP) is 4.67. The van der Waals surface area contributed by atoms with E-state index in [0.29, 0.717) is 17.3 Å². The van der Waals surface area contributed by atoms with E-state index in [1.165, 1.54) is 20.1 Å². The van der Waals surface area contributed by atoms with Gasteiger partial charge in [-0.15, -0.1) is 0 Å². The van der Waals surface area contributed by atoms with Gasteiger partial charge in [-0.05, 0) is 37.4 Å². The van der Waals surface area contributed by atoms with Crippen LogP contribution < -0.4 is 10.1 Å². The first-order valence-corrected chi connectivity index (χ1v) is 10.1. The molecule has 0 aliphatic carbocycles. The Morgan fingerprint density at radius 3 is 2.50 bits per heavy atom. The first-order chi connectivity index (χ1) is 15.3. The number of carboxylic acid groups (broad SMARTS) is 1. The van der Waals surface area contributed by atoms with Crippen LogP contribution in [-0.2, 0) is 11.4 Å². The van der Waals surface area contributed by atoms with Crippen LogP contribution in [0, 0.1) is 0 Å². The van der Waals surface area contributed by atoms with Crippen LogP contribution in [0.2, 0.25) is 0 Å². The fourth-order valence-corrected chi connectivity index (χ4v) is 3.21. The second kappa shape index (κ2) is 8.55. The molecule has 4 rings (SSSR count). The average Bonchev–Trinajstić information content (AvgIpc) is 3.26. The summed E-state index contributed by atoms with van der Waals surface area (Å²) in [6.07, 6.45) is 1.51. The zero-order chi connectivity index (χ0) is 22.7. The van der Waals surface area contributed by atoms with Crippen molar-refractivity contribution in [2.75, 3.05) is 0 Å². The molecule has 1 heterocycles. The Labute approximate surface area is 184 Å². The highest BCUT2D eigenvalue weighted by Crippen LogP contribution is 2.31. The Morgan fingerprint density at radius 2 is 1.75 bits per heavy atom. The van der Waals surface area contributed by atoms with Crippen LogP contribution >= 0.6 is 0 Å². The molecule has 7 heteroatoms. The van der Waals surface area contributed by atoms with Gasteiger partial charge in [0.2, 0.25) is 5.89 Å². The van der Waals surface area contributed by atoms with E-state index in [4.69, 9.17) is 9.15 Å². The van der Waals surface area contributed by atoms with Gasteiger partial charge < -0.3 is 19.6 Å². The number of carbonyl (C=O) groups excluding carboxylic acids is 1. The van der Waals surface area contributed by atoms with E-state index in [1.807, 2.05) is 54.6 Å². The Balaban J connectivity index is 1.64. The molecule has 0 atom stereocenters. The number of ether oxygens (including phenoxy) is 1. The molecule has 0 radical (unpaired) electrons. The topological polar surface area (TPSA) is 102 Å². The third-order valence-electron chi connectivity index (χ3n) is 5.02. The molecule has 3 aromatic carbocycles. The van der Waals surface area contributed by atoms with Crippen LogP contribution in [0.3, 0.4) is 0 Å². The maximum absolute atomic E-state index is 12.9. The van der Waals surface area contributed by atoms with E-state index in [2.05, 4.69) is 10.3 Å². The number of benzene rings is 3. The lowest BCUT2D eigenvalue weighted by atomic mass is 10.0. The van der Waals surface area contributed by atoms with Gasteiger partial charge in [-0.1, -0.05) is 48.5 Å². The quantitative estimate of drug-likeness (QED) is 0.442. The molecular formula is C25H22N2O5. The second-order valence-electron chi connectivity index (χ2n) is 7.85. The third-order valence-corrected chi connectivity index (χ3v) is 5.02. The molecule has 0 saturated heterocycles. The molecule has 1 amide bonds. The lowest BCUT2D eigenvalue weighted by molar-refractivity contribution is -0.143. The van der Waals surface area contributed by atoms with Gasteiger partial charge in [-0.3, -0.25) is 4.79 Å². The molecule has 0 fully saturated rings. The molecule has 1 aromatic heterocycles. The highest BCUT2D eigenvalue weighted by atomic mass is 16.5. The Bertz CT molecular complexity index is 1280. The highest BCUT2D eigenvalue weighted by molar-refractivity contribution is 6.05. The van der Waals surface area contributed by atoms with E-state index >= 15 is 0 Å². The molecule has 7 nitrogen and oxygen atoms in total. The van der Waals surface area contributed by atoms with Gasteiger partial charge in [0.25, 0.3) is 5.91 Å². The number of rotatable bonds is 7. The van der Waals surface area contributed by atoms with Crippen molar-refractivity contribution in [2.45, 2.75) is 26.0 Å². The molecular weight excluding hydrogens is 408 g/mol. The molecule has 0 spiro atoms. The van der Waals surface area contributed by atoms with Gasteiger partial charge in [0.05, 0.1) is 5.56 Å². The van der Waals surface area contributed by atoms with E-state index in [9.17, 15) is 14.7 Å². The fraction of sp³-hybridized carbons (Fsp3) is 0.160. The number of hydrogen-bond donors (Lipinski definition) is 2. The summed E-state index contributed by atoms with van der Waals surface area (Å²) in [5.74, 6) is -0.845. The summed E-state index contributed by atoms with van der Waals surface area (Å²) in [6, 6.07) is 20.4. The smallest absolute Gasteiger partial charge is 0.328 e. The number of nitrogens with zero attached hydrogens (tertiary/aromatic N) is 1. The monoisotopic (exact) mass is 430 g/mol. The van der Waals surface area contributed by atoms with E-state index in [-0.39, 0.29) is 12.2 Å². The van der Waals surface area contributed by atoms with E-state index in [0.717, 1.165) is 16.3 Å². The molecule has 4 aromatic rings. The number of nitrogens with one attached hydrogen (secondary N) is 1. The summed E-state index contributed by atoms with van der Waals surface area (Å²) in [5.41, 5.74) is 0.218. The molecule has 162 valence electrons. The Kier molecular flexibility index (Phi) is 5.64. The molecule has 0 aliphatic heterocycles. The second-order valence-corrected chi connectivity index (χ2v) is 7.85. The molecule has 2 N–H and O–H groups in total. The van der Waals surface area contributed by atoms with Crippen LogP contribution in [0.4, 0.5) is 0 Å². The number of oxazole rings is 1. The minimum absolute atomic E-state index is 0.0763. The minimum Gasteiger partial charge on any atom is -0.486 e. The van der Waals surface area contributed by atoms with Crippen molar-refractivity contribution >= 4 is 22.6 Å². The number of fused-ring (bicyclic) bond motifs is 1. The number of aromatic nitrogens is 1. The summed E-state index contributed by atoms with van der Waals surface area (Å²) in [4.78, 5) is 28.9. The lowest BCUT2D eigenvalue weighted by Crippen LogP contribution is -2.49. The van der Waals surface area contributed by atoms with Crippen molar-refractivity contribution in [3.8, 4) is 17.2 Å². The maximum atomic E-state index is 12.9. The van der Waals surface area contributed by atoms with Crippen molar-refractivity contribution in [2.24, 2.45) is 0 Å². The van der Waals surface area contributed by atoms with Crippen molar-refractivity contribution in [1.29, 1.82) is 0 Å². The van der Waals surface area contributed by atoms with Crippen molar-refractivity contribution < 1.29 is 23.8 Å². The van der Waals surface area contributed by atoms with E-state index < -0.39 is 17.4 Å². The van der Waals surface area contributed by atoms with Crippen LogP contribution in [0.5, 0.6) is 5.75 Å². The zero-order valence-electron chi connectivity index (χ0n) is 17.7. The molecule has 0 saturated carbocycles. The predicted molar refractivity (Wildman–Crippen MR) is 119 cm³/mol. The maximum Gasteiger partial charge on any atom is 0.328 e. The number of hydrogen-bond acceptors (Lipinski definition) is 5. The van der Waals surface area contributed by atoms with Gasteiger partial charge in [0.15, 0.2) is 0 Å². The standard InChI is InChI=1S/C25H22N2O5/c1-25(2,24(29)30)27-22(28)20-13-12-16-8-6-7-11-19(16)21(20)31-14-18-15-32-23(26-18)17-9-4-3-5-10-17/h3-13,15H,14H2,1-2H3,(H,27,28)(H,29,30). The number of carboxylic acids is 1. The lowest BCUT2D eigenvalue weighted by Gasteiger charge is -2.22. The largest absolute Gasteiger partial charge is 0.486 e. The van der Waals surface area contributed by atoms with Crippen LogP contribution in [0.25, 0.3) is 22.2 Å². The van der Waals surface area contributed by atoms with Gasteiger partial charge in [0, 0.05) is 10.9 Å². The van der Waals surface area contributed by atoms with Crippen LogP contribution in [0.1, 0.15) is 29.9 Å². The molecule has 0 aliphatic rings. The Hall–Kier alpha value is -4.13. The zero-order valence-corrected chi connectivity index (χ0v) is 17.7. The molecule has 0 unspecified atom stereocenters. The fourth-order valence-electron chi connectivity index (χ4n) is 3.21. The van der Waals surface area contributed by atoms with Crippen LogP contribution in [0.15, 0.2) is 77.4 Å². The molecule has 0 bridgehead atoms. The molecule has 32 heavy (non-hydrogen) atoms.